The molecule has 0 spiro atoms. The minimum Gasteiger partial charge on any atom is -0.309 e. The lowest BCUT2D eigenvalue weighted by atomic mass is 10.1. The van der Waals surface area contributed by atoms with Crippen molar-refractivity contribution in [3.8, 4) is 80.8 Å². The van der Waals surface area contributed by atoms with Crippen LogP contribution in [0.3, 0.4) is 0 Å². The van der Waals surface area contributed by atoms with Crippen LogP contribution in [0.2, 0.25) is 0 Å². The predicted octanol–water partition coefficient (Wildman–Crippen LogP) is 25.0. The van der Waals surface area contributed by atoms with E-state index in [0.717, 1.165) is 121 Å². The maximum Gasteiger partial charge on any atom is 0.188 e. The van der Waals surface area contributed by atoms with Gasteiger partial charge in [0.2, 0.25) is 0 Å². The third kappa shape index (κ3) is 16.8. The topological polar surface area (TPSA) is 151 Å². The summed E-state index contributed by atoms with van der Waals surface area (Å²) in [5.74, 6) is 0. The summed E-state index contributed by atoms with van der Waals surface area (Å²) in [4.78, 5) is 14.6. The highest BCUT2D eigenvalue weighted by atomic mass is 28.3. The molecule has 0 aliphatic heterocycles. The maximum absolute atomic E-state index is 10.3. The van der Waals surface area contributed by atoms with Crippen LogP contribution in [0.15, 0.2) is 510 Å². The molecule has 0 aliphatic carbocycles. The lowest BCUT2D eigenvalue weighted by Gasteiger charge is -2.36. The molecule has 0 N–H and O–H groups in total. The highest BCUT2D eigenvalue weighted by molar-refractivity contribution is 7.21. The zero-order valence-corrected chi connectivity index (χ0v) is 83.9. The normalized spacial score (nSPS) is 11.1. The van der Waals surface area contributed by atoms with E-state index in [-0.39, 0.29) is 0 Å². The smallest absolute Gasteiger partial charge is 0.188 e. The van der Waals surface area contributed by atoms with Crippen LogP contribution < -0.4 is 62.2 Å². The molecule has 24 aromatic rings. The monoisotopic (exact) mass is 1960 g/mol. The molecule has 0 radical (unpaired) electrons. The molecule has 21 aromatic carbocycles. The Balaban J connectivity index is 0.000000127. The Morgan fingerprint density at radius 1 is 0.180 bits per heavy atom. The summed E-state index contributed by atoms with van der Waals surface area (Å²) < 4.78 is 6.62. The van der Waals surface area contributed by atoms with Crippen molar-refractivity contribution in [3.05, 3.63) is 583 Å². The van der Waals surface area contributed by atoms with Crippen molar-refractivity contribution < 1.29 is 0 Å². The Morgan fingerprint density at radius 2 is 0.447 bits per heavy atom. The lowest BCUT2D eigenvalue weighted by Crippen LogP contribution is -2.75. The van der Waals surface area contributed by atoms with Gasteiger partial charge in [-0.1, -0.05) is 364 Å². The van der Waals surface area contributed by atoms with Crippen molar-refractivity contribution in [3.63, 3.8) is 0 Å². The molecule has 0 bridgehead atoms. The van der Waals surface area contributed by atoms with E-state index < -0.39 is 24.2 Å². The molecular formula is C135H84N12Si3. The van der Waals surface area contributed by atoms with Crippen molar-refractivity contribution in [2.24, 2.45) is 0 Å². The molecule has 0 atom stereocenters. The largest absolute Gasteiger partial charge is 0.309 e. The van der Waals surface area contributed by atoms with Gasteiger partial charge < -0.3 is 13.7 Å². The molecule has 0 fully saturated rings. The van der Waals surface area contributed by atoms with Gasteiger partial charge in [-0.05, 0) is 257 Å². The fraction of sp³-hybridized carbons (Fsp3) is 0. The van der Waals surface area contributed by atoms with E-state index in [9.17, 15) is 26.3 Å². The first kappa shape index (κ1) is 94.0. The number of hydrogen-bond acceptors (Lipinski definition) is 5. The molecule has 3 heterocycles. The molecule has 12 nitrogen and oxygen atoms in total. The summed E-state index contributed by atoms with van der Waals surface area (Å²) >= 11 is 0. The fourth-order valence-electron chi connectivity index (χ4n) is 22.1. The van der Waals surface area contributed by atoms with E-state index in [2.05, 4.69) is 409 Å². The molecule has 0 amide bonds. The van der Waals surface area contributed by atoms with E-state index in [1.165, 1.54) is 57.1 Å². The third-order valence-corrected chi connectivity index (χ3v) is 43.4. The number of nitrogens with zero attached hydrogens (tertiary/aromatic N) is 12. The van der Waals surface area contributed by atoms with Gasteiger partial charge in [-0.25, -0.2) is 19.4 Å². The van der Waals surface area contributed by atoms with E-state index in [4.69, 9.17) is 26.3 Å². The predicted molar refractivity (Wildman–Crippen MR) is 618 cm³/mol. The van der Waals surface area contributed by atoms with Crippen LogP contribution in [0.25, 0.3) is 135 Å². The summed E-state index contributed by atoms with van der Waals surface area (Å²) in [5, 5.41) is 69.3. The Bertz CT molecular complexity index is 9430. The van der Waals surface area contributed by atoms with Gasteiger partial charge in [0.05, 0.1) is 118 Å². The van der Waals surface area contributed by atoms with Crippen LogP contribution >= 0.6 is 0 Å². The number of hydrogen-bond donors (Lipinski definition) is 0. The fourth-order valence-corrected chi connectivity index (χ4v) is 36.7. The number of aromatic nitrogens is 3. The van der Waals surface area contributed by atoms with Crippen LogP contribution in [0, 0.1) is 82.9 Å². The molecular weight excluding hydrogens is 1870 g/mol. The van der Waals surface area contributed by atoms with Crippen molar-refractivity contribution in [2.45, 2.75) is 0 Å². The second-order valence-electron chi connectivity index (χ2n) is 36.8. The lowest BCUT2D eigenvalue weighted by molar-refractivity contribution is 1.18. The van der Waals surface area contributed by atoms with Crippen molar-refractivity contribution in [1.29, 1.82) is 26.3 Å². The van der Waals surface area contributed by atoms with Gasteiger partial charge in [0.25, 0.3) is 0 Å². The van der Waals surface area contributed by atoms with Gasteiger partial charge in [0.15, 0.2) is 47.0 Å². The van der Waals surface area contributed by atoms with E-state index >= 15 is 0 Å². The van der Waals surface area contributed by atoms with Gasteiger partial charge in [-0.2, -0.15) is 26.3 Å². The third-order valence-electron chi connectivity index (χ3n) is 28.9. The summed E-state index contributed by atoms with van der Waals surface area (Å²) in [6.07, 6.45) is 0. The Morgan fingerprint density at radius 3 is 0.813 bits per heavy atom. The van der Waals surface area contributed by atoms with Gasteiger partial charge in [0.1, 0.15) is 0 Å². The van der Waals surface area contributed by atoms with Crippen LogP contribution in [-0.2, 0) is 0 Å². The highest BCUT2D eigenvalue weighted by Gasteiger charge is 2.46. The molecule has 24 rings (SSSR count). The first-order valence-corrected chi connectivity index (χ1v) is 55.0. The molecule has 150 heavy (non-hydrogen) atoms. The van der Waals surface area contributed by atoms with Crippen LogP contribution in [0.4, 0.5) is 22.7 Å². The van der Waals surface area contributed by atoms with E-state index in [0.29, 0.717) is 50.6 Å². The van der Waals surface area contributed by atoms with Crippen molar-refractivity contribution in [1.82, 2.24) is 13.7 Å². The van der Waals surface area contributed by atoms with Gasteiger partial charge in [0, 0.05) is 33.2 Å². The Kier molecular flexibility index (Phi) is 25.6. The first-order valence-electron chi connectivity index (χ1n) is 49.0. The average molecular weight is 1960 g/mol. The van der Waals surface area contributed by atoms with Gasteiger partial charge in [-0.3, -0.25) is 0 Å². The zero-order chi connectivity index (χ0) is 102. The number of nitriles is 5. The second-order valence-corrected chi connectivity index (χ2v) is 48.1. The van der Waals surface area contributed by atoms with E-state index in [1.54, 1.807) is 0 Å². The van der Waals surface area contributed by atoms with Crippen LogP contribution in [-0.4, -0.2) is 37.9 Å². The molecule has 0 unspecified atom stereocenters. The quantitative estimate of drug-likeness (QED) is 0.0476. The summed E-state index contributed by atoms with van der Waals surface area (Å²) in [5.41, 5.74) is 21.0. The average Bonchev–Trinajstić information content (AvgIpc) is 1.44. The minimum atomic E-state index is -2.89. The maximum atomic E-state index is 10.3. The second kappa shape index (κ2) is 40.8. The SMILES string of the molecule is [C-]#[N+]c1ccc([Si](c2ccccc2)(c2ccccc2)c2ccc(-c3cccc(-n4c5ccc(C#N)cc5c5cc([N+]#[C-])ccc54)c3)cc2)cc1.[C-]#[N+]c1ccc2c(c1)c1cc(C#N)ccc1n2-c1ccc(-c2ccc([Si](c3ccccc3)(c3ccccc3)c3ccccc3C#N)cc2)cc1.[C-]#[N+]c1ccc2c(c1)c1cc(C#N)ccc1n2-c1ccc(-c2ccccc2[Si](c2ccccc2)(c2ccccc2)c2ccc(C#N)cc2)cc1. The van der Waals surface area contributed by atoms with E-state index in [1.807, 2.05) is 164 Å². The molecule has 0 aliphatic rings. The number of benzene rings is 21. The van der Waals surface area contributed by atoms with Crippen molar-refractivity contribution >= 4 is 175 Å². The van der Waals surface area contributed by atoms with Gasteiger partial charge in [-0.15, -0.1) is 0 Å². The summed E-state index contributed by atoms with van der Waals surface area (Å²) in [6.45, 7) is 30.2. The molecule has 3 aromatic heterocycles. The van der Waals surface area contributed by atoms with Crippen LogP contribution in [0.5, 0.6) is 0 Å². The summed E-state index contributed by atoms with van der Waals surface area (Å²) in [6, 6.07) is 187. The Labute approximate surface area is 872 Å². The highest BCUT2D eigenvalue weighted by Crippen LogP contribution is 2.41. The Hall–Kier alpha value is -20.9. The van der Waals surface area contributed by atoms with Crippen molar-refractivity contribution in [2.75, 3.05) is 0 Å². The van der Waals surface area contributed by atoms with Gasteiger partial charge >= 0.3 is 0 Å². The molecule has 15 heteroatoms. The zero-order valence-electron chi connectivity index (χ0n) is 80.9. The number of rotatable bonds is 18. The first-order chi connectivity index (χ1) is 73.9. The van der Waals surface area contributed by atoms with Crippen LogP contribution in [0.1, 0.15) is 27.8 Å². The molecule has 0 saturated carbocycles. The molecule has 0 saturated heterocycles. The minimum absolute atomic E-state index is 0.567. The summed E-state index contributed by atoms with van der Waals surface area (Å²) in [7, 11) is -8.49. The number of fused-ring (bicyclic) bond motifs is 9. The molecule has 696 valence electrons. The standard InChI is InChI=1S/3C45H28N4Si/c1-47-35-19-24-41(25-20-35)50(38-12-5-3-6-13-38,39-14-7-4-8-15-39)40-22-17-33(18-23-40)34-10-9-11-37(29-34)49-44-26-16-32(31-46)28-42(44)43-30-36(48-2)21-27-45(43)49;1-48-36-21-27-44-42(29-36)41-28-32(30-46)16-26-43(41)49(44)37-22-17-33(18-23-37)34-19-24-40(25-20-34)50(38-11-4-2-5-12-38,39-13-6-3-7-14-39)45-15-9-8-10-35(45)31-47;1-48-35-21-27-44-42(29-35)41-28-33(31-47)18-26-43(41)49(44)36-22-19-34(20-23-36)40-14-8-9-15-45(40)50(37-10-4-2-5-11-37,38-12-6-3-7-13-38)39-24-16-32(30-46)17-25-39/h3-30H;2*2-29H.